The van der Waals surface area contributed by atoms with Crippen molar-refractivity contribution >= 4 is 17.5 Å². The zero-order valence-electron chi connectivity index (χ0n) is 11.4. The summed E-state index contributed by atoms with van der Waals surface area (Å²) >= 11 is 0. The molecule has 0 radical (unpaired) electrons. The average molecular weight is 273 g/mol. The Labute approximate surface area is 118 Å². The van der Waals surface area contributed by atoms with Gasteiger partial charge in [-0.2, -0.15) is 0 Å². The van der Waals surface area contributed by atoms with Crippen molar-refractivity contribution in [3.63, 3.8) is 0 Å². The lowest BCUT2D eigenvalue weighted by Gasteiger charge is -2.29. The quantitative estimate of drug-likeness (QED) is 0.855. The molecule has 2 fully saturated rings. The molecule has 2 heterocycles. The number of pyridine rings is 1. The van der Waals surface area contributed by atoms with Gasteiger partial charge in [-0.15, -0.1) is 0 Å². The summed E-state index contributed by atoms with van der Waals surface area (Å²) in [4.78, 5) is 30.0. The lowest BCUT2D eigenvalue weighted by Crippen LogP contribution is -2.43. The molecule has 2 amide bonds. The molecule has 1 aromatic heterocycles. The van der Waals surface area contributed by atoms with Crippen molar-refractivity contribution in [1.29, 1.82) is 0 Å². The van der Waals surface area contributed by atoms with Crippen LogP contribution in [0.3, 0.4) is 0 Å². The summed E-state index contributed by atoms with van der Waals surface area (Å²) in [6.45, 7) is 0. The second-order valence-electron chi connectivity index (χ2n) is 5.53. The summed E-state index contributed by atoms with van der Waals surface area (Å²) in [5.41, 5.74) is 0.830. The fraction of sp³-hybridized carbons (Fsp3) is 0.533. The highest BCUT2D eigenvalue weighted by molar-refractivity contribution is 6.07. The monoisotopic (exact) mass is 273 g/mol. The van der Waals surface area contributed by atoms with Crippen LogP contribution in [0.2, 0.25) is 0 Å². The van der Waals surface area contributed by atoms with Crippen LogP contribution in [0.15, 0.2) is 24.5 Å². The summed E-state index contributed by atoms with van der Waals surface area (Å²) in [7, 11) is 0. The van der Waals surface area contributed by atoms with Crippen molar-refractivity contribution < 1.29 is 9.59 Å². The number of aromatic nitrogens is 1. The molecular weight excluding hydrogens is 254 g/mol. The van der Waals surface area contributed by atoms with Crippen LogP contribution in [0.4, 0.5) is 5.69 Å². The van der Waals surface area contributed by atoms with Crippen LogP contribution in [0.5, 0.6) is 0 Å². The van der Waals surface area contributed by atoms with E-state index in [9.17, 15) is 9.59 Å². The zero-order valence-corrected chi connectivity index (χ0v) is 11.4. The van der Waals surface area contributed by atoms with Crippen LogP contribution < -0.4 is 5.32 Å². The van der Waals surface area contributed by atoms with E-state index in [2.05, 4.69) is 10.3 Å². The van der Waals surface area contributed by atoms with E-state index in [1.165, 1.54) is 11.3 Å². The molecule has 1 N–H and O–H groups in total. The Morgan fingerprint density at radius 1 is 1.10 bits per heavy atom. The molecule has 1 aliphatic carbocycles. The molecule has 0 aromatic carbocycles. The Balaban J connectivity index is 1.70. The summed E-state index contributed by atoms with van der Waals surface area (Å²) < 4.78 is 0. The zero-order chi connectivity index (χ0) is 13.9. The first-order valence-electron chi connectivity index (χ1n) is 7.28. The molecule has 3 rings (SSSR count). The van der Waals surface area contributed by atoms with Gasteiger partial charge in [-0.3, -0.25) is 19.5 Å². The van der Waals surface area contributed by atoms with E-state index in [-0.39, 0.29) is 24.3 Å². The molecule has 1 aromatic rings. The SMILES string of the molecule is O=C1CC(Nc2ccncc2)C(=O)N1C1CCCCC1. The Kier molecular flexibility index (Phi) is 3.67. The number of carbonyl (C=O) groups is 2. The summed E-state index contributed by atoms with van der Waals surface area (Å²) in [6, 6.07) is 3.31. The van der Waals surface area contributed by atoms with Gasteiger partial charge in [-0.1, -0.05) is 19.3 Å². The number of carbonyl (C=O) groups excluding carboxylic acids is 2. The molecule has 1 saturated carbocycles. The Hall–Kier alpha value is -1.91. The van der Waals surface area contributed by atoms with E-state index in [1.54, 1.807) is 24.5 Å². The van der Waals surface area contributed by atoms with Gasteiger partial charge in [0.05, 0.1) is 6.42 Å². The number of amides is 2. The van der Waals surface area contributed by atoms with E-state index < -0.39 is 6.04 Å². The van der Waals surface area contributed by atoms with Crippen molar-refractivity contribution in [2.24, 2.45) is 0 Å². The van der Waals surface area contributed by atoms with Crippen LogP contribution >= 0.6 is 0 Å². The van der Waals surface area contributed by atoms with Gasteiger partial charge in [0, 0.05) is 24.1 Å². The molecule has 20 heavy (non-hydrogen) atoms. The maximum atomic E-state index is 12.4. The predicted molar refractivity (Wildman–Crippen MR) is 75.0 cm³/mol. The van der Waals surface area contributed by atoms with Crippen molar-refractivity contribution in [3.05, 3.63) is 24.5 Å². The van der Waals surface area contributed by atoms with Crippen LogP contribution in [-0.2, 0) is 9.59 Å². The standard InChI is InChI=1S/C15H19N3O2/c19-14-10-13(17-11-6-8-16-9-7-11)15(20)18(14)12-4-2-1-3-5-12/h6-9,12-13H,1-5,10H2,(H,16,17). The van der Waals surface area contributed by atoms with Gasteiger partial charge in [-0.25, -0.2) is 0 Å². The number of likely N-dealkylation sites (tertiary alicyclic amines) is 1. The van der Waals surface area contributed by atoms with E-state index in [4.69, 9.17) is 0 Å². The maximum Gasteiger partial charge on any atom is 0.252 e. The van der Waals surface area contributed by atoms with Gasteiger partial charge >= 0.3 is 0 Å². The van der Waals surface area contributed by atoms with Crippen molar-refractivity contribution in [3.8, 4) is 0 Å². The largest absolute Gasteiger partial charge is 0.373 e. The molecule has 0 spiro atoms. The molecule has 2 aliphatic rings. The molecule has 5 nitrogen and oxygen atoms in total. The third-order valence-electron chi connectivity index (χ3n) is 4.14. The second-order valence-corrected chi connectivity index (χ2v) is 5.53. The molecule has 1 unspecified atom stereocenters. The first-order chi connectivity index (χ1) is 9.75. The number of rotatable bonds is 3. The van der Waals surface area contributed by atoms with E-state index in [1.807, 2.05) is 0 Å². The lowest BCUT2D eigenvalue weighted by atomic mass is 9.94. The third kappa shape index (κ3) is 2.53. The fourth-order valence-corrected chi connectivity index (χ4v) is 3.14. The minimum Gasteiger partial charge on any atom is -0.373 e. The summed E-state index contributed by atoms with van der Waals surface area (Å²) in [5, 5.41) is 3.14. The second kappa shape index (κ2) is 5.61. The smallest absolute Gasteiger partial charge is 0.252 e. The van der Waals surface area contributed by atoms with Crippen LogP contribution in [0.1, 0.15) is 38.5 Å². The first kappa shape index (κ1) is 13.1. The highest BCUT2D eigenvalue weighted by atomic mass is 16.2. The molecule has 0 bridgehead atoms. The molecule has 106 valence electrons. The van der Waals surface area contributed by atoms with Gasteiger partial charge in [-0.05, 0) is 25.0 Å². The van der Waals surface area contributed by atoms with Gasteiger partial charge in [0.25, 0.3) is 5.91 Å². The number of anilines is 1. The van der Waals surface area contributed by atoms with Crippen molar-refractivity contribution in [2.75, 3.05) is 5.32 Å². The Morgan fingerprint density at radius 3 is 2.50 bits per heavy atom. The average Bonchev–Trinajstić information content (AvgIpc) is 2.75. The molecule has 5 heteroatoms. The summed E-state index contributed by atoms with van der Waals surface area (Å²) in [5.74, 6) is -0.104. The minimum atomic E-state index is -0.424. The highest BCUT2D eigenvalue weighted by Crippen LogP contribution is 2.28. The number of nitrogens with zero attached hydrogens (tertiary/aromatic N) is 2. The molecule has 1 atom stereocenters. The van der Waals surface area contributed by atoms with Crippen LogP contribution in [0, 0.1) is 0 Å². The lowest BCUT2D eigenvalue weighted by molar-refractivity contribution is -0.141. The number of hydrogen-bond acceptors (Lipinski definition) is 4. The molecule has 1 saturated heterocycles. The third-order valence-corrected chi connectivity index (χ3v) is 4.14. The van der Waals surface area contributed by atoms with E-state index >= 15 is 0 Å². The Morgan fingerprint density at radius 2 is 1.80 bits per heavy atom. The van der Waals surface area contributed by atoms with Gasteiger partial charge in [0.1, 0.15) is 6.04 Å². The number of imide groups is 1. The number of nitrogens with one attached hydrogen (secondary N) is 1. The van der Waals surface area contributed by atoms with Gasteiger partial charge in [0.15, 0.2) is 0 Å². The maximum absolute atomic E-state index is 12.4. The normalized spacial score (nSPS) is 24.2. The van der Waals surface area contributed by atoms with E-state index in [0.717, 1.165) is 31.4 Å². The van der Waals surface area contributed by atoms with Crippen LogP contribution in [0.25, 0.3) is 0 Å². The van der Waals surface area contributed by atoms with Gasteiger partial charge < -0.3 is 5.32 Å². The topological polar surface area (TPSA) is 62.3 Å². The van der Waals surface area contributed by atoms with Crippen molar-refractivity contribution in [2.45, 2.75) is 50.6 Å². The van der Waals surface area contributed by atoms with Crippen LogP contribution in [-0.4, -0.2) is 33.8 Å². The number of hydrogen-bond donors (Lipinski definition) is 1. The molecular formula is C15H19N3O2. The molecule has 1 aliphatic heterocycles. The van der Waals surface area contributed by atoms with Gasteiger partial charge in [0.2, 0.25) is 5.91 Å². The predicted octanol–water partition coefficient (Wildman–Crippen LogP) is 1.95. The highest BCUT2D eigenvalue weighted by Gasteiger charge is 2.42. The van der Waals surface area contributed by atoms with E-state index in [0.29, 0.717) is 0 Å². The summed E-state index contributed by atoms with van der Waals surface area (Å²) in [6.07, 6.45) is 8.96. The fourth-order valence-electron chi connectivity index (χ4n) is 3.14. The van der Waals surface area contributed by atoms with Crippen molar-refractivity contribution in [1.82, 2.24) is 9.88 Å². The minimum absolute atomic E-state index is 0.0338. The Bertz CT molecular complexity index is 497. The first-order valence-corrected chi connectivity index (χ1v) is 7.28.